The number of pyridine rings is 1. The lowest BCUT2D eigenvalue weighted by Crippen LogP contribution is -2.29. The molecule has 1 aromatic carbocycles. The van der Waals surface area contributed by atoms with Gasteiger partial charge in [-0.3, -0.25) is 4.79 Å². The summed E-state index contributed by atoms with van der Waals surface area (Å²) in [4.78, 5) is 28.0. The van der Waals surface area contributed by atoms with Gasteiger partial charge < -0.3 is 20.3 Å². The molecule has 3 aromatic rings. The number of halogens is 2. The summed E-state index contributed by atoms with van der Waals surface area (Å²) in [5.74, 6) is 1.23. The van der Waals surface area contributed by atoms with Gasteiger partial charge >= 0.3 is 0 Å². The Morgan fingerprint density at radius 3 is 2.86 bits per heavy atom. The van der Waals surface area contributed by atoms with Crippen LogP contribution in [-0.4, -0.2) is 47.5 Å². The Morgan fingerprint density at radius 2 is 2.09 bits per heavy atom. The molecule has 1 saturated carbocycles. The predicted octanol–water partition coefficient (Wildman–Crippen LogP) is 4.84. The molecule has 35 heavy (non-hydrogen) atoms. The van der Waals surface area contributed by atoms with Crippen LogP contribution in [0.25, 0.3) is 0 Å². The van der Waals surface area contributed by atoms with Crippen LogP contribution < -0.4 is 20.3 Å². The Labute approximate surface area is 208 Å². The van der Waals surface area contributed by atoms with Crippen LogP contribution in [-0.2, 0) is 0 Å². The lowest BCUT2D eigenvalue weighted by molar-refractivity contribution is 0.0944. The molecule has 0 aliphatic heterocycles. The van der Waals surface area contributed by atoms with Gasteiger partial charge in [-0.25, -0.2) is 14.4 Å². The molecule has 2 aromatic heterocycles. The van der Waals surface area contributed by atoms with Crippen LogP contribution in [0, 0.1) is 18.7 Å². The molecular formula is C25H28ClFN6O2. The highest BCUT2D eigenvalue weighted by Gasteiger charge is 2.26. The molecule has 184 valence electrons. The molecular weight excluding hydrogens is 471 g/mol. The number of aromatic nitrogens is 3. The normalized spacial score (nSPS) is 17.2. The first-order valence-electron chi connectivity index (χ1n) is 11.4. The molecule has 1 aliphatic rings. The molecule has 0 radical (unpaired) electrons. The number of ether oxygens (including phenoxy) is 1. The molecule has 4 rings (SSSR count). The fourth-order valence-corrected chi connectivity index (χ4v) is 4.28. The summed E-state index contributed by atoms with van der Waals surface area (Å²) in [5, 5.41) is 6.40. The Morgan fingerprint density at radius 1 is 1.26 bits per heavy atom. The molecule has 8 nitrogen and oxygen atoms in total. The minimum Gasteiger partial charge on any atom is -0.438 e. The van der Waals surface area contributed by atoms with Crippen molar-refractivity contribution in [3.05, 3.63) is 64.7 Å². The zero-order valence-electron chi connectivity index (χ0n) is 19.9. The maximum absolute atomic E-state index is 13.7. The van der Waals surface area contributed by atoms with Crippen molar-refractivity contribution < 1.29 is 13.9 Å². The van der Waals surface area contributed by atoms with E-state index < -0.39 is 5.82 Å². The molecule has 2 heterocycles. The van der Waals surface area contributed by atoms with E-state index in [1.165, 1.54) is 18.3 Å². The number of anilines is 2. The van der Waals surface area contributed by atoms with Crippen LogP contribution in [0.1, 0.15) is 35.2 Å². The van der Waals surface area contributed by atoms with E-state index in [2.05, 4.69) is 25.6 Å². The maximum atomic E-state index is 13.7. The maximum Gasteiger partial charge on any atom is 0.256 e. The highest BCUT2D eigenvalue weighted by atomic mass is 35.5. The van der Waals surface area contributed by atoms with Gasteiger partial charge in [0, 0.05) is 50.7 Å². The minimum absolute atomic E-state index is 0.00669. The first-order valence-corrected chi connectivity index (χ1v) is 11.8. The monoisotopic (exact) mass is 498 g/mol. The Kier molecular flexibility index (Phi) is 7.65. The van der Waals surface area contributed by atoms with Crippen LogP contribution in [0.3, 0.4) is 0 Å². The fourth-order valence-electron chi connectivity index (χ4n) is 4.16. The van der Waals surface area contributed by atoms with E-state index in [1.54, 1.807) is 12.1 Å². The highest BCUT2D eigenvalue weighted by Crippen LogP contribution is 2.29. The smallest absolute Gasteiger partial charge is 0.256 e. The predicted molar refractivity (Wildman–Crippen MR) is 134 cm³/mol. The number of carbonyl (C=O) groups excluding carboxylic acids is 1. The fraction of sp³-hybridized carbons (Fsp3) is 0.360. The van der Waals surface area contributed by atoms with Crippen LogP contribution >= 0.6 is 11.6 Å². The number of hydrogen-bond donors (Lipinski definition) is 2. The second-order valence-corrected chi connectivity index (χ2v) is 9.27. The van der Waals surface area contributed by atoms with Gasteiger partial charge in [0.2, 0.25) is 11.8 Å². The quantitative estimate of drug-likeness (QED) is 0.459. The molecule has 1 aliphatic carbocycles. The molecule has 10 heteroatoms. The van der Waals surface area contributed by atoms with Crippen molar-refractivity contribution >= 4 is 29.3 Å². The van der Waals surface area contributed by atoms with Gasteiger partial charge in [0.25, 0.3) is 5.91 Å². The van der Waals surface area contributed by atoms with Gasteiger partial charge in [-0.15, -0.1) is 0 Å². The summed E-state index contributed by atoms with van der Waals surface area (Å²) in [6.45, 7) is 2.51. The van der Waals surface area contributed by atoms with Crippen molar-refractivity contribution in [3.63, 3.8) is 0 Å². The van der Waals surface area contributed by atoms with E-state index in [1.807, 2.05) is 32.1 Å². The third-order valence-corrected chi connectivity index (χ3v) is 6.22. The second kappa shape index (κ2) is 10.9. The number of amides is 1. The molecule has 2 atom stereocenters. The topological polar surface area (TPSA) is 92.3 Å². The average Bonchev–Trinajstić information content (AvgIpc) is 3.28. The van der Waals surface area contributed by atoms with E-state index in [0.29, 0.717) is 18.4 Å². The number of carbonyl (C=O) groups is 1. The first-order chi connectivity index (χ1) is 16.8. The van der Waals surface area contributed by atoms with Gasteiger partial charge in [-0.05, 0) is 56.4 Å². The van der Waals surface area contributed by atoms with Crippen molar-refractivity contribution in [1.29, 1.82) is 0 Å². The largest absolute Gasteiger partial charge is 0.438 e. The van der Waals surface area contributed by atoms with Crippen LogP contribution in [0.15, 0.2) is 42.7 Å². The second-order valence-electron chi connectivity index (χ2n) is 8.86. The third-order valence-electron chi connectivity index (χ3n) is 5.92. The van der Waals surface area contributed by atoms with Gasteiger partial charge in [0.15, 0.2) is 0 Å². The molecule has 1 fully saturated rings. The molecule has 1 amide bonds. The standard InChI is InChI=1S/C25H28ClFN6O2/c1-15-13-30-25(32-22(15)33(2)3)31-17-7-6-16(11-17)14-29-23(34)19-5-4-10-28-24(19)35-18-8-9-20(26)21(27)12-18/h4-5,8-10,12-13,16-17H,6-7,11,14H2,1-3H3,(H,29,34)(H,30,31,32)/t16-,17+/m1/s1. The minimum atomic E-state index is -0.607. The van der Waals surface area contributed by atoms with Gasteiger partial charge in [-0.2, -0.15) is 4.98 Å². The van der Waals surface area contributed by atoms with E-state index >= 15 is 0 Å². The first kappa shape index (κ1) is 24.7. The van der Waals surface area contributed by atoms with E-state index in [9.17, 15) is 9.18 Å². The van der Waals surface area contributed by atoms with E-state index in [0.717, 1.165) is 36.7 Å². The van der Waals surface area contributed by atoms with Gasteiger partial charge in [0.05, 0.1) is 5.02 Å². The van der Waals surface area contributed by atoms with Gasteiger partial charge in [-0.1, -0.05) is 11.6 Å². The lowest BCUT2D eigenvalue weighted by Gasteiger charge is -2.18. The van der Waals surface area contributed by atoms with Crippen molar-refractivity contribution in [2.75, 3.05) is 30.9 Å². The van der Waals surface area contributed by atoms with Crippen molar-refractivity contribution in [2.24, 2.45) is 5.92 Å². The molecule has 0 bridgehead atoms. The summed E-state index contributed by atoms with van der Waals surface area (Å²) < 4.78 is 19.4. The summed E-state index contributed by atoms with van der Waals surface area (Å²) in [7, 11) is 3.92. The number of aryl methyl sites for hydroxylation is 1. The van der Waals surface area contributed by atoms with Crippen molar-refractivity contribution in [1.82, 2.24) is 20.3 Å². The van der Waals surface area contributed by atoms with Crippen LogP contribution in [0.4, 0.5) is 16.2 Å². The SMILES string of the molecule is Cc1cnc(N[C@H]2CC[C@@H](CNC(=O)c3cccnc3Oc3ccc(Cl)c(F)c3)C2)nc1N(C)C. The molecule has 0 saturated heterocycles. The summed E-state index contributed by atoms with van der Waals surface area (Å²) in [6, 6.07) is 7.59. The Hall–Kier alpha value is -3.46. The van der Waals surface area contributed by atoms with Crippen molar-refractivity contribution in [3.8, 4) is 11.6 Å². The van der Waals surface area contributed by atoms with E-state index in [-0.39, 0.29) is 34.2 Å². The molecule has 2 N–H and O–H groups in total. The Balaban J connectivity index is 1.33. The summed E-state index contributed by atoms with van der Waals surface area (Å²) >= 11 is 5.73. The molecule has 0 unspecified atom stereocenters. The molecule has 0 spiro atoms. The average molecular weight is 499 g/mol. The summed E-state index contributed by atoms with van der Waals surface area (Å²) in [5.41, 5.74) is 1.30. The number of nitrogens with zero attached hydrogens (tertiary/aromatic N) is 4. The number of benzene rings is 1. The van der Waals surface area contributed by atoms with Gasteiger partial charge in [0.1, 0.15) is 22.9 Å². The number of nitrogens with one attached hydrogen (secondary N) is 2. The number of hydrogen-bond acceptors (Lipinski definition) is 7. The number of rotatable bonds is 8. The Bertz CT molecular complexity index is 1210. The van der Waals surface area contributed by atoms with Crippen LogP contribution in [0.2, 0.25) is 5.02 Å². The zero-order chi connectivity index (χ0) is 24.9. The van der Waals surface area contributed by atoms with E-state index in [4.69, 9.17) is 16.3 Å². The zero-order valence-corrected chi connectivity index (χ0v) is 20.6. The van der Waals surface area contributed by atoms with Crippen LogP contribution in [0.5, 0.6) is 11.6 Å². The highest BCUT2D eigenvalue weighted by molar-refractivity contribution is 6.30. The summed E-state index contributed by atoms with van der Waals surface area (Å²) in [6.07, 6.45) is 6.18. The third kappa shape index (κ3) is 6.16. The lowest BCUT2D eigenvalue weighted by atomic mass is 10.1. The van der Waals surface area contributed by atoms with Crippen molar-refractivity contribution in [2.45, 2.75) is 32.2 Å².